The largest absolute Gasteiger partial charge is 0.481 e. The monoisotopic (exact) mass is 404 g/mol. The van der Waals surface area contributed by atoms with E-state index in [4.69, 9.17) is 21.1 Å². The van der Waals surface area contributed by atoms with Gasteiger partial charge >= 0.3 is 12.0 Å². The van der Waals surface area contributed by atoms with Gasteiger partial charge in [-0.15, -0.1) is 0 Å². The summed E-state index contributed by atoms with van der Waals surface area (Å²) in [4.78, 5) is 36.1. The van der Waals surface area contributed by atoms with Crippen LogP contribution in [-0.4, -0.2) is 31.6 Å². The Labute approximate surface area is 168 Å². The molecule has 3 amide bonds. The molecule has 2 aromatic rings. The molecule has 0 aliphatic rings. The minimum absolute atomic E-state index is 0.403. The summed E-state index contributed by atoms with van der Waals surface area (Å²) in [6.45, 7) is 3.21. The number of benzene rings is 2. The highest BCUT2D eigenvalue weighted by Crippen LogP contribution is 2.27. The van der Waals surface area contributed by atoms with Gasteiger partial charge in [0.05, 0.1) is 0 Å². The molecule has 0 unspecified atom stereocenters. The number of hydrogen-bond donors (Lipinski definition) is 2. The molecule has 0 saturated heterocycles. The van der Waals surface area contributed by atoms with Crippen LogP contribution in [0.2, 0.25) is 5.02 Å². The smallest absolute Gasteiger partial charge is 0.345 e. The van der Waals surface area contributed by atoms with E-state index in [1.807, 2.05) is 13.8 Å². The SMILES string of the molecule is CNC(=O)NC(=O)[C@H](OC(=O)COc1c(C)cc(Cl)cc1C)c1ccccc1. The highest BCUT2D eigenvalue weighted by Gasteiger charge is 2.26. The van der Waals surface area contributed by atoms with Gasteiger partial charge in [-0.1, -0.05) is 41.9 Å². The number of rotatable bonds is 6. The van der Waals surface area contributed by atoms with Crippen molar-refractivity contribution in [3.63, 3.8) is 0 Å². The molecule has 1 atom stereocenters. The van der Waals surface area contributed by atoms with E-state index in [1.165, 1.54) is 7.05 Å². The average Bonchev–Trinajstić information content (AvgIpc) is 2.65. The number of esters is 1. The second-order valence-corrected chi connectivity index (χ2v) is 6.44. The minimum Gasteiger partial charge on any atom is -0.481 e. The predicted molar refractivity (Wildman–Crippen MR) is 104 cm³/mol. The van der Waals surface area contributed by atoms with Crippen molar-refractivity contribution in [1.29, 1.82) is 0 Å². The first-order valence-corrected chi connectivity index (χ1v) is 8.86. The van der Waals surface area contributed by atoms with Crippen LogP contribution in [0.25, 0.3) is 0 Å². The van der Waals surface area contributed by atoms with Crippen LogP contribution in [0.4, 0.5) is 4.79 Å². The van der Waals surface area contributed by atoms with Gasteiger partial charge in [-0.05, 0) is 37.1 Å². The number of urea groups is 1. The van der Waals surface area contributed by atoms with Crippen LogP contribution in [-0.2, 0) is 14.3 Å². The molecule has 0 heterocycles. The average molecular weight is 405 g/mol. The van der Waals surface area contributed by atoms with Crippen LogP contribution in [0.5, 0.6) is 5.75 Å². The topological polar surface area (TPSA) is 93.7 Å². The standard InChI is InChI=1S/C20H21ClN2O5/c1-12-9-15(21)10-13(2)17(12)27-11-16(24)28-18(14-7-5-4-6-8-14)19(25)23-20(26)22-3/h4-10,18H,11H2,1-3H3,(H2,22,23,25,26)/t18-/m1/s1. The van der Waals surface area contributed by atoms with Gasteiger partial charge in [-0.3, -0.25) is 10.1 Å². The van der Waals surface area contributed by atoms with E-state index in [0.29, 0.717) is 16.3 Å². The van der Waals surface area contributed by atoms with Crippen LogP contribution in [0.3, 0.4) is 0 Å². The molecule has 2 rings (SSSR count). The van der Waals surface area contributed by atoms with Crippen LogP contribution in [0.1, 0.15) is 22.8 Å². The van der Waals surface area contributed by atoms with Gasteiger partial charge in [0, 0.05) is 17.6 Å². The van der Waals surface area contributed by atoms with E-state index in [9.17, 15) is 14.4 Å². The highest BCUT2D eigenvalue weighted by molar-refractivity contribution is 6.30. The lowest BCUT2D eigenvalue weighted by Gasteiger charge is -2.18. The van der Waals surface area contributed by atoms with Crippen LogP contribution in [0, 0.1) is 13.8 Å². The number of nitrogens with one attached hydrogen (secondary N) is 2. The van der Waals surface area contributed by atoms with Crippen molar-refractivity contribution in [2.24, 2.45) is 0 Å². The van der Waals surface area contributed by atoms with E-state index in [-0.39, 0.29) is 0 Å². The zero-order valence-electron chi connectivity index (χ0n) is 15.7. The molecular formula is C20H21ClN2O5. The Kier molecular flexibility index (Phi) is 7.40. The maximum Gasteiger partial charge on any atom is 0.345 e. The van der Waals surface area contributed by atoms with E-state index in [1.54, 1.807) is 42.5 Å². The summed E-state index contributed by atoms with van der Waals surface area (Å²) in [5.41, 5.74) is 1.97. The normalized spacial score (nSPS) is 11.3. The van der Waals surface area contributed by atoms with Crippen molar-refractivity contribution in [2.75, 3.05) is 13.7 Å². The quantitative estimate of drug-likeness (QED) is 0.721. The molecule has 0 aliphatic carbocycles. The summed E-state index contributed by atoms with van der Waals surface area (Å²) >= 11 is 5.99. The van der Waals surface area contributed by atoms with Gasteiger partial charge in [0.15, 0.2) is 6.61 Å². The number of halogens is 1. The molecule has 2 aromatic carbocycles. The van der Waals surface area contributed by atoms with Crippen LogP contribution in [0.15, 0.2) is 42.5 Å². The molecule has 8 heteroatoms. The van der Waals surface area contributed by atoms with Gasteiger partial charge < -0.3 is 14.8 Å². The minimum atomic E-state index is -1.29. The van der Waals surface area contributed by atoms with Crippen LogP contribution < -0.4 is 15.4 Å². The fourth-order valence-corrected chi connectivity index (χ4v) is 2.89. The second kappa shape index (κ2) is 9.75. The molecule has 0 bridgehead atoms. The van der Waals surface area contributed by atoms with Crippen molar-refractivity contribution in [2.45, 2.75) is 20.0 Å². The molecule has 2 N–H and O–H groups in total. The molecule has 0 radical (unpaired) electrons. The highest BCUT2D eigenvalue weighted by atomic mass is 35.5. The summed E-state index contributed by atoms with van der Waals surface area (Å²) in [6.07, 6.45) is -1.29. The lowest BCUT2D eigenvalue weighted by atomic mass is 10.1. The lowest BCUT2D eigenvalue weighted by Crippen LogP contribution is -2.41. The maximum absolute atomic E-state index is 12.4. The van der Waals surface area contributed by atoms with Crippen LogP contribution >= 0.6 is 11.6 Å². The molecular weight excluding hydrogens is 384 g/mol. The van der Waals surface area contributed by atoms with Gasteiger partial charge in [0.1, 0.15) is 5.75 Å². The summed E-state index contributed by atoms with van der Waals surface area (Å²) in [5, 5.41) is 4.95. The summed E-state index contributed by atoms with van der Waals surface area (Å²) < 4.78 is 10.8. The van der Waals surface area contributed by atoms with Gasteiger partial charge in [0.2, 0.25) is 6.10 Å². The van der Waals surface area contributed by atoms with E-state index >= 15 is 0 Å². The van der Waals surface area contributed by atoms with E-state index in [0.717, 1.165) is 11.1 Å². The van der Waals surface area contributed by atoms with Gasteiger partial charge in [0.25, 0.3) is 5.91 Å². The summed E-state index contributed by atoms with van der Waals surface area (Å²) in [6, 6.07) is 11.1. The molecule has 0 fully saturated rings. The molecule has 0 saturated carbocycles. The molecule has 0 aromatic heterocycles. The number of hydrogen-bond acceptors (Lipinski definition) is 5. The summed E-state index contributed by atoms with van der Waals surface area (Å²) in [7, 11) is 1.37. The molecule has 0 aliphatic heterocycles. The number of ether oxygens (including phenoxy) is 2. The maximum atomic E-state index is 12.4. The number of aryl methyl sites for hydroxylation is 2. The summed E-state index contributed by atoms with van der Waals surface area (Å²) in [5.74, 6) is -1.00. The lowest BCUT2D eigenvalue weighted by molar-refractivity contribution is -0.158. The third-order valence-electron chi connectivity index (χ3n) is 3.81. The first kappa shape index (κ1) is 21.2. The zero-order valence-corrected chi connectivity index (χ0v) is 16.5. The first-order valence-electron chi connectivity index (χ1n) is 8.48. The Bertz CT molecular complexity index is 847. The third kappa shape index (κ3) is 5.72. The van der Waals surface area contributed by atoms with E-state index < -0.39 is 30.6 Å². The fourth-order valence-electron chi connectivity index (χ4n) is 2.56. The predicted octanol–water partition coefficient (Wildman–Crippen LogP) is 3.08. The van der Waals surface area contributed by atoms with Gasteiger partial charge in [-0.25, -0.2) is 9.59 Å². The first-order chi connectivity index (χ1) is 13.3. The second-order valence-electron chi connectivity index (χ2n) is 6.01. The number of carbonyl (C=O) groups is 3. The fraction of sp³-hybridized carbons (Fsp3) is 0.250. The Morgan fingerprint density at radius 1 is 1.07 bits per heavy atom. The third-order valence-corrected chi connectivity index (χ3v) is 4.03. The van der Waals surface area contributed by atoms with Crippen molar-refractivity contribution >= 4 is 29.5 Å². The molecule has 148 valence electrons. The Morgan fingerprint density at radius 2 is 1.68 bits per heavy atom. The van der Waals surface area contributed by atoms with Crippen molar-refractivity contribution in [1.82, 2.24) is 10.6 Å². The van der Waals surface area contributed by atoms with E-state index in [2.05, 4.69) is 10.6 Å². The number of carbonyl (C=O) groups excluding carboxylic acids is 3. The number of amides is 3. The molecule has 7 nitrogen and oxygen atoms in total. The molecule has 0 spiro atoms. The Morgan fingerprint density at radius 3 is 2.25 bits per heavy atom. The Hall–Kier alpha value is -3.06. The number of imide groups is 1. The zero-order chi connectivity index (χ0) is 20.7. The van der Waals surface area contributed by atoms with Gasteiger partial charge in [-0.2, -0.15) is 0 Å². The van der Waals surface area contributed by atoms with Crippen molar-refractivity contribution in [3.05, 3.63) is 64.2 Å². The Balaban J connectivity index is 2.10. The van der Waals surface area contributed by atoms with Crippen molar-refractivity contribution in [3.8, 4) is 5.75 Å². The van der Waals surface area contributed by atoms with Crippen molar-refractivity contribution < 1.29 is 23.9 Å². The molecule has 28 heavy (non-hydrogen) atoms.